The van der Waals surface area contributed by atoms with E-state index < -0.39 is 0 Å². The third-order valence-electron chi connectivity index (χ3n) is 3.23. The van der Waals surface area contributed by atoms with Gasteiger partial charge in [-0.05, 0) is 27.9 Å². The van der Waals surface area contributed by atoms with E-state index in [0.717, 1.165) is 10.6 Å². The molecule has 2 aromatic heterocycles. The number of pyridine rings is 1. The molecule has 0 atom stereocenters. The van der Waals surface area contributed by atoms with Crippen molar-refractivity contribution in [1.82, 2.24) is 15.0 Å². The van der Waals surface area contributed by atoms with Gasteiger partial charge in [-0.3, -0.25) is 14.9 Å². The van der Waals surface area contributed by atoms with Gasteiger partial charge in [-0.15, -0.1) is 0 Å². The molecule has 2 amide bonds. The third kappa shape index (κ3) is 5.64. The Labute approximate surface area is 170 Å². The predicted molar refractivity (Wildman–Crippen MR) is 107 cm³/mol. The maximum Gasteiger partial charge on any atom is 0.231 e. The fourth-order valence-electron chi connectivity index (χ4n) is 2.15. The maximum absolute atomic E-state index is 11.6. The number of hydrogen-bond acceptors (Lipinski definition) is 7. The molecule has 2 aromatic rings. The molecule has 8 nitrogen and oxygen atoms in total. The summed E-state index contributed by atoms with van der Waals surface area (Å²) in [5, 5.41) is 5.18. The monoisotopic (exact) mass is 453 g/mol. The van der Waals surface area contributed by atoms with E-state index in [1.54, 1.807) is 13.3 Å². The van der Waals surface area contributed by atoms with Gasteiger partial charge >= 0.3 is 0 Å². The molecular weight excluding hydrogens is 434 g/mol. The van der Waals surface area contributed by atoms with Gasteiger partial charge in [-0.25, -0.2) is 9.97 Å². The molecule has 0 aromatic carbocycles. The summed E-state index contributed by atoms with van der Waals surface area (Å²) in [4.78, 5) is 37.2. The largest absolute Gasteiger partial charge is 0.480 e. The van der Waals surface area contributed by atoms with E-state index in [1.807, 2.05) is 19.9 Å². The number of halogens is 1. The van der Waals surface area contributed by atoms with Crippen LogP contribution in [0.5, 0.6) is 5.88 Å². The molecule has 2 N–H and O–H groups in total. The van der Waals surface area contributed by atoms with Gasteiger partial charge in [0.1, 0.15) is 0 Å². The van der Waals surface area contributed by atoms with Gasteiger partial charge < -0.3 is 10.1 Å². The lowest BCUT2D eigenvalue weighted by atomic mass is 10.1. The molecule has 2 rings (SSSR count). The zero-order chi connectivity index (χ0) is 20.1. The fraction of sp³-hybridized carbons (Fsp3) is 0.353. The Morgan fingerprint density at radius 2 is 1.81 bits per heavy atom. The molecule has 0 saturated heterocycles. The second-order valence-corrected chi connectivity index (χ2v) is 7.83. The number of hydrogen-bond donors (Lipinski definition) is 2. The van der Waals surface area contributed by atoms with Crippen molar-refractivity contribution in [2.24, 2.45) is 0 Å². The van der Waals surface area contributed by atoms with E-state index in [9.17, 15) is 9.59 Å². The summed E-state index contributed by atoms with van der Waals surface area (Å²) >= 11 is 4.82. The molecule has 0 fully saturated rings. The zero-order valence-electron chi connectivity index (χ0n) is 15.6. The number of anilines is 2. The highest BCUT2D eigenvalue weighted by molar-refractivity contribution is 9.10. The number of nitrogens with zero attached hydrogens (tertiary/aromatic N) is 3. The van der Waals surface area contributed by atoms with Gasteiger partial charge in [-0.1, -0.05) is 25.6 Å². The second kappa shape index (κ2) is 9.14. The summed E-state index contributed by atoms with van der Waals surface area (Å²) < 4.78 is 6.00. The minimum absolute atomic E-state index is 0.119. The molecule has 0 spiro atoms. The number of carbonyl (C=O) groups is 2. The predicted octanol–water partition coefficient (Wildman–Crippen LogP) is 3.83. The molecule has 27 heavy (non-hydrogen) atoms. The first-order valence-electron chi connectivity index (χ1n) is 8.05. The van der Waals surface area contributed by atoms with Crippen molar-refractivity contribution < 1.29 is 14.3 Å². The third-order valence-corrected chi connectivity index (χ3v) is 4.87. The summed E-state index contributed by atoms with van der Waals surface area (Å²) in [5.41, 5.74) is 0.847. The fourth-order valence-corrected chi connectivity index (χ4v) is 3.87. The number of methoxy groups -OCH3 is 1. The number of amides is 2. The quantitative estimate of drug-likeness (QED) is 0.683. The zero-order valence-corrected chi connectivity index (χ0v) is 18.0. The number of aromatic nitrogens is 3. The van der Waals surface area contributed by atoms with E-state index in [4.69, 9.17) is 4.74 Å². The number of carbonyl (C=O) groups excluding carboxylic acids is 2. The van der Waals surface area contributed by atoms with Crippen LogP contribution < -0.4 is 15.4 Å². The molecule has 10 heteroatoms. The van der Waals surface area contributed by atoms with Crippen LogP contribution in [0.25, 0.3) is 0 Å². The molecule has 0 aliphatic rings. The number of rotatable bonds is 6. The molecule has 0 radical (unpaired) electrons. The molecule has 0 saturated carbocycles. The van der Waals surface area contributed by atoms with Crippen LogP contribution in [0.3, 0.4) is 0 Å². The Balaban J connectivity index is 2.48. The minimum Gasteiger partial charge on any atom is -0.480 e. The Bertz CT molecular complexity index is 876. The van der Waals surface area contributed by atoms with Crippen LogP contribution in [-0.4, -0.2) is 33.9 Å². The van der Waals surface area contributed by atoms with E-state index in [0.29, 0.717) is 21.1 Å². The first-order valence-corrected chi connectivity index (χ1v) is 9.66. The Morgan fingerprint density at radius 1 is 1.15 bits per heavy atom. The Morgan fingerprint density at radius 3 is 2.37 bits per heavy atom. The molecule has 2 heterocycles. The van der Waals surface area contributed by atoms with Crippen LogP contribution in [0, 0.1) is 0 Å². The van der Waals surface area contributed by atoms with Crippen molar-refractivity contribution in [2.45, 2.75) is 43.4 Å². The van der Waals surface area contributed by atoms with Crippen LogP contribution in [0.1, 0.15) is 39.3 Å². The smallest absolute Gasteiger partial charge is 0.231 e. The van der Waals surface area contributed by atoms with Gasteiger partial charge in [0.2, 0.25) is 23.6 Å². The van der Waals surface area contributed by atoms with Crippen molar-refractivity contribution in [1.29, 1.82) is 0 Å². The summed E-state index contributed by atoms with van der Waals surface area (Å²) in [5.74, 6) is 0.513. The summed E-state index contributed by atoms with van der Waals surface area (Å²) in [6, 6.07) is 1.91. The summed E-state index contributed by atoms with van der Waals surface area (Å²) in [6.07, 6.45) is 1.55. The first-order chi connectivity index (χ1) is 12.7. The lowest BCUT2D eigenvalue weighted by molar-refractivity contribution is -0.115. The van der Waals surface area contributed by atoms with Crippen molar-refractivity contribution in [3.63, 3.8) is 0 Å². The van der Waals surface area contributed by atoms with Crippen molar-refractivity contribution in [3.05, 3.63) is 22.4 Å². The standard InChI is InChI=1S/C17H20BrN5O3S/c1-8(2)14-12(6-11(18)16(22-14)26-5)27-13-7-19-17(21-10(4)25)23-15(13)20-9(3)24/h6-8H,1-5H3,(H2,19,20,21,23,24,25). The van der Waals surface area contributed by atoms with Crippen molar-refractivity contribution in [3.8, 4) is 5.88 Å². The van der Waals surface area contributed by atoms with E-state index in [2.05, 4.69) is 41.5 Å². The van der Waals surface area contributed by atoms with Gasteiger partial charge in [-0.2, -0.15) is 4.98 Å². The van der Waals surface area contributed by atoms with Gasteiger partial charge in [0.15, 0.2) is 5.82 Å². The average Bonchev–Trinajstić information content (AvgIpc) is 2.56. The Hall–Kier alpha value is -2.20. The van der Waals surface area contributed by atoms with Crippen LogP contribution in [0.2, 0.25) is 0 Å². The maximum atomic E-state index is 11.6. The normalized spacial score (nSPS) is 10.6. The highest BCUT2D eigenvalue weighted by atomic mass is 79.9. The summed E-state index contributed by atoms with van der Waals surface area (Å²) in [7, 11) is 1.56. The number of ether oxygens (including phenoxy) is 1. The lowest BCUT2D eigenvalue weighted by Gasteiger charge is -2.15. The molecule has 0 aliphatic heterocycles. The van der Waals surface area contributed by atoms with E-state index >= 15 is 0 Å². The SMILES string of the molecule is COc1nc(C(C)C)c(Sc2cnc(NC(C)=O)nc2NC(C)=O)cc1Br. The van der Waals surface area contributed by atoms with Crippen LogP contribution in [0.4, 0.5) is 11.8 Å². The van der Waals surface area contributed by atoms with Crippen LogP contribution in [0.15, 0.2) is 26.5 Å². The van der Waals surface area contributed by atoms with Crippen molar-refractivity contribution in [2.75, 3.05) is 17.7 Å². The second-order valence-electron chi connectivity index (χ2n) is 5.89. The van der Waals surface area contributed by atoms with Crippen LogP contribution >= 0.6 is 27.7 Å². The van der Waals surface area contributed by atoms with Crippen LogP contribution in [-0.2, 0) is 9.59 Å². The first kappa shape index (κ1) is 21.1. The van der Waals surface area contributed by atoms with Crippen molar-refractivity contribution >= 4 is 51.3 Å². The molecule has 0 bridgehead atoms. The molecule has 0 aliphatic carbocycles. The van der Waals surface area contributed by atoms with Gasteiger partial charge in [0.25, 0.3) is 0 Å². The lowest BCUT2D eigenvalue weighted by Crippen LogP contribution is -2.13. The molecular formula is C17H20BrN5O3S. The topological polar surface area (TPSA) is 106 Å². The summed E-state index contributed by atoms with van der Waals surface area (Å²) in [6.45, 7) is 6.81. The van der Waals surface area contributed by atoms with Gasteiger partial charge in [0, 0.05) is 24.9 Å². The molecule has 144 valence electrons. The Kier molecular flexibility index (Phi) is 7.14. The van der Waals surface area contributed by atoms with E-state index in [1.165, 1.54) is 25.6 Å². The van der Waals surface area contributed by atoms with Gasteiger partial charge in [0.05, 0.1) is 22.2 Å². The van der Waals surface area contributed by atoms with E-state index in [-0.39, 0.29) is 23.7 Å². The average molecular weight is 454 g/mol. The highest BCUT2D eigenvalue weighted by Crippen LogP contribution is 2.39. The highest BCUT2D eigenvalue weighted by Gasteiger charge is 2.18. The number of nitrogens with one attached hydrogen (secondary N) is 2. The minimum atomic E-state index is -0.297. The molecule has 0 unspecified atom stereocenters.